The fourth-order valence-electron chi connectivity index (χ4n) is 2.18. The van der Waals surface area contributed by atoms with Crippen molar-refractivity contribution < 1.29 is 9.59 Å². The Labute approximate surface area is 87.3 Å². The van der Waals surface area contributed by atoms with Crippen LogP contribution in [0.2, 0.25) is 0 Å². The van der Waals surface area contributed by atoms with Gasteiger partial charge in [0.15, 0.2) is 0 Å². The third-order valence-corrected chi connectivity index (χ3v) is 4.30. The minimum atomic E-state index is -0.499. The van der Waals surface area contributed by atoms with Gasteiger partial charge in [0, 0.05) is 0 Å². The standard InChI is InChI=1S/C10H13NO2S/c1-2-14-10-6-4-3-5-7(10)8(12)11-9(10)13/h3-4,7H,2,5-6H2,1H3,(H,11,12,13). The highest BCUT2D eigenvalue weighted by molar-refractivity contribution is 8.01. The van der Waals surface area contributed by atoms with E-state index in [4.69, 9.17) is 0 Å². The first-order valence-corrected chi connectivity index (χ1v) is 5.83. The van der Waals surface area contributed by atoms with Gasteiger partial charge in [-0.1, -0.05) is 19.1 Å². The first kappa shape index (κ1) is 9.77. The highest BCUT2D eigenvalue weighted by atomic mass is 32.2. The van der Waals surface area contributed by atoms with Crippen molar-refractivity contribution >= 4 is 23.6 Å². The highest BCUT2D eigenvalue weighted by Gasteiger charge is 2.54. The molecule has 1 heterocycles. The molecule has 0 aromatic rings. The second-order valence-electron chi connectivity index (χ2n) is 3.60. The number of fused-ring (bicyclic) bond motifs is 1. The van der Waals surface area contributed by atoms with Gasteiger partial charge in [0.1, 0.15) is 4.75 Å². The van der Waals surface area contributed by atoms with Crippen molar-refractivity contribution in [2.24, 2.45) is 5.92 Å². The summed E-state index contributed by atoms with van der Waals surface area (Å²) in [5, 5.41) is 2.45. The third kappa shape index (κ3) is 1.21. The zero-order chi connectivity index (χ0) is 10.2. The number of carbonyl (C=O) groups excluding carboxylic acids is 2. The van der Waals surface area contributed by atoms with Crippen molar-refractivity contribution in [3.8, 4) is 0 Å². The van der Waals surface area contributed by atoms with E-state index in [-0.39, 0.29) is 17.7 Å². The molecule has 0 aromatic carbocycles. The van der Waals surface area contributed by atoms with E-state index >= 15 is 0 Å². The number of thioether (sulfide) groups is 1. The molecule has 0 radical (unpaired) electrons. The van der Waals surface area contributed by atoms with Crippen LogP contribution in [-0.2, 0) is 9.59 Å². The molecule has 14 heavy (non-hydrogen) atoms. The van der Waals surface area contributed by atoms with Crippen molar-refractivity contribution in [2.75, 3.05) is 5.75 Å². The molecule has 1 saturated heterocycles. The van der Waals surface area contributed by atoms with Gasteiger partial charge >= 0.3 is 0 Å². The number of imide groups is 1. The second kappa shape index (κ2) is 3.42. The molecule has 1 aliphatic heterocycles. The predicted molar refractivity (Wildman–Crippen MR) is 55.9 cm³/mol. The molecule has 2 aliphatic rings. The minimum Gasteiger partial charge on any atom is -0.295 e. The van der Waals surface area contributed by atoms with Crippen LogP contribution in [0.4, 0.5) is 0 Å². The summed E-state index contributed by atoms with van der Waals surface area (Å²) in [6.07, 6.45) is 5.40. The van der Waals surface area contributed by atoms with E-state index < -0.39 is 4.75 Å². The zero-order valence-corrected chi connectivity index (χ0v) is 8.89. The maximum Gasteiger partial charge on any atom is 0.243 e. The van der Waals surface area contributed by atoms with E-state index in [1.165, 1.54) is 0 Å². The first-order chi connectivity index (χ1) is 6.70. The van der Waals surface area contributed by atoms with Gasteiger partial charge in [0.2, 0.25) is 11.8 Å². The Morgan fingerprint density at radius 3 is 3.07 bits per heavy atom. The van der Waals surface area contributed by atoms with Crippen LogP contribution in [0, 0.1) is 5.92 Å². The van der Waals surface area contributed by atoms with Crippen LogP contribution in [-0.4, -0.2) is 22.3 Å². The lowest BCUT2D eigenvalue weighted by atomic mass is 9.84. The Bertz CT molecular complexity index is 313. The topological polar surface area (TPSA) is 46.2 Å². The van der Waals surface area contributed by atoms with Gasteiger partial charge in [-0.2, -0.15) is 0 Å². The highest BCUT2D eigenvalue weighted by Crippen LogP contribution is 2.44. The van der Waals surface area contributed by atoms with Crippen molar-refractivity contribution in [1.82, 2.24) is 5.32 Å². The molecule has 2 amide bonds. The van der Waals surface area contributed by atoms with Crippen molar-refractivity contribution in [2.45, 2.75) is 24.5 Å². The largest absolute Gasteiger partial charge is 0.295 e. The van der Waals surface area contributed by atoms with Crippen molar-refractivity contribution in [1.29, 1.82) is 0 Å². The third-order valence-electron chi connectivity index (χ3n) is 2.86. The first-order valence-electron chi connectivity index (χ1n) is 4.85. The van der Waals surface area contributed by atoms with Gasteiger partial charge in [-0.3, -0.25) is 14.9 Å². The number of allylic oxidation sites excluding steroid dienone is 2. The lowest BCUT2D eigenvalue weighted by Gasteiger charge is -2.31. The summed E-state index contributed by atoms with van der Waals surface area (Å²) in [4.78, 5) is 23.3. The minimum absolute atomic E-state index is 0.0938. The van der Waals surface area contributed by atoms with Gasteiger partial charge in [-0.25, -0.2) is 0 Å². The Hall–Kier alpha value is -0.770. The Morgan fingerprint density at radius 2 is 2.36 bits per heavy atom. The maximum atomic E-state index is 11.7. The molecule has 2 rings (SSSR count). The van der Waals surface area contributed by atoms with Gasteiger partial charge in [0.25, 0.3) is 0 Å². The molecule has 3 nitrogen and oxygen atoms in total. The smallest absolute Gasteiger partial charge is 0.243 e. The van der Waals surface area contributed by atoms with Crippen LogP contribution in [0.1, 0.15) is 19.8 Å². The number of hydrogen-bond acceptors (Lipinski definition) is 3. The molecule has 1 fully saturated rings. The molecule has 0 bridgehead atoms. The van der Waals surface area contributed by atoms with Crippen LogP contribution >= 0.6 is 11.8 Å². The van der Waals surface area contributed by atoms with E-state index in [1.807, 2.05) is 19.1 Å². The van der Waals surface area contributed by atoms with Crippen LogP contribution in [0.5, 0.6) is 0 Å². The fourth-order valence-corrected chi connectivity index (χ4v) is 3.50. The molecule has 0 aromatic heterocycles. The molecule has 1 aliphatic carbocycles. The maximum absolute atomic E-state index is 11.7. The van der Waals surface area contributed by atoms with E-state index in [9.17, 15) is 9.59 Å². The summed E-state index contributed by atoms with van der Waals surface area (Å²) in [6.45, 7) is 2.02. The normalized spacial score (nSPS) is 35.6. The molecule has 2 atom stereocenters. The van der Waals surface area contributed by atoms with Crippen LogP contribution in [0.3, 0.4) is 0 Å². The van der Waals surface area contributed by atoms with Gasteiger partial charge in [0.05, 0.1) is 5.92 Å². The number of rotatable bonds is 2. The lowest BCUT2D eigenvalue weighted by Crippen LogP contribution is -2.40. The molecular weight excluding hydrogens is 198 g/mol. The van der Waals surface area contributed by atoms with E-state index in [0.29, 0.717) is 12.8 Å². The molecular formula is C10H13NO2S. The second-order valence-corrected chi connectivity index (χ2v) is 5.20. The monoisotopic (exact) mass is 211 g/mol. The lowest BCUT2D eigenvalue weighted by molar-refractivity contribution is -0.125. The molecule has 2 unspecified atom stereocenters. The fraction of sp³-hybridized carbons (Fsp3) is 0.600. The van der Waals surface area contributed by atoms with Crippen LogP contribution in [0.25, 0.3) is 0 Å². The summed E-state index contributed by atoms with van der Waals surface area (Å²) < 4.78 is -0.499. The summed E-state index contributed by atoms with van der Waals surface area (Å²) in [6, 6.07) is 0. The molecule has 76 valence electrons. The Kier molecular flexibility index (Phi) is 2.39. The van der Waals surface area contributed by atoms with Gasteiger partial charge < -0.3 is 0 Å². The average Bonchev–Trinajstić information content (AvgIpc) is 2.41. The molecule has 4 heteroatoms. The summed E-state index contributed by atoms with van der Waals surface area (Å²) in [5.74, 6) is 0.527. The average molecular weight is 211 g/mol. The zero-order valence-electron chi connectivity index (χ0n) is 8.08. The van der Waals surface area contributed by atoms with Crippen LogP contribution < -0.4 is 5.32 Å². The van der Waals surface area contributed by atoms with Crippen molar-refractivity contribution in [3.63, 3.8) is 0 Å². The number of nitrogens with one attached hydrogen (secondary N) is 1. The summed E-state index contributed by atoms with van der Waals surface area (Å²) in [7, 11) is 0. The van der Waals surface area contributed by atoms with E-state index in [2.05, 4.69) is 5.32 Å². The number of carbonyl (C=O) groups is 2. The number of amides is 2. The molecule has 0 spiro atoms. The van der Waals surface area contributed by atoms with E-state index in [1.54, 1.807) is 11.8 Å². The van der Waals surface area contributed by atoms with Crippen molar-refractivity contribution in [3.05, 3.63) is 12.2 Å². The SMILES string of the molecule is CCSC12CC=CCC1C(=O)NC2=O. The summed E-state index contributed by atoms with van der Waals surface area (Å²) in [5.41, 5.74) is 0. The van der Waals surface area contributed by atoms with Crippen LogP contribution in [0.15, 0.2) is 12.2 Å². The van der Waals surface area contributed by atoms with Gasteiger partial charge in [-0.05, 0) is 18.6 Å². The molecule has 0 saturated carbocycles. The predicted octanol–water partition coefficient (Wildman–Crippen LogP) is 1.10. The summed E-state index contributed by atoms with van der Waals surface area (Å²) >= 11 is 1.60. The molecule has 1 N–H and O–H groups in total. The Morgan fingerprint density at radius 1 is 1.57 bits per heavy atom. The quantitative estimate of drug-likeness (QED) is 0.549. The van der Waals surface area contributed by atoms with Gasteiger partial charge in [-0.15, -0.1) is 11.8 Å². The number of hydrogen-bond donors (Lipinski definition) is 1. The van der Waals surface area contributed by atoms with E-state index in [0.717, 1.165) is 5.75 Å². The Balaban J connectivity index is 2.36.